The molecule has 0 aliphatic heterocycles. The zero-order valence-electron chi connectivity index (χ0n) is 12.4. The SMILES string of the molecule is Cc1ccc(C(O)(CC(=O)NCCc2ccc[nH]2)C(F)(F)F)o1. The van der Waals surface area contributed by atoms with Crippen LogP contribution in [0.5, 0.6) is 0 Å². The minimum absolute atomic E-state index is 0.157. The van der Waals surface area contributed by atoms with Gasteiger partial charge in [0.1, 0.15) is 11.5 Å². The smallest absolute Gasteiger partial charge is 0.425 e. The maximum Gasteiger partial charge on any atom is 0.425 e. The van der Waals surface area contributed by atoms with Crippen LogP contribution in [-0.4, -0.2) is 28.7 Å². The van der Waals surface area contributed by atoms with E-state index in [1.54, 1.807) is 18.3 Å². The number of nitrogens with one attached hydrogen (secondary N) is 2. The Kier molecular flexibility index (Phi) is 4.84. The first-order valence-electron chi connectivity index (χ1n) is 6.97. The fourth-order valence-electron chi connectivity index (χ4n) is 2.14. The average Bonchev–Trinajstić information content (AvgIpc) is 3.09. The number of aryl methyl sites for hydroxylation is 1. The minimum atomic E-state index is -5.03. The Bertz CT molecular complexity index is 649. The number of halogens is 3. The summed E-state index contributed by atoms with van der Waals surface area (Å²) in [7, 11) is 0. The number of aromatic nitrogens is 1. The van der Waals surface area contributed by atoms with E-state index in [2.05, 4.69) is 10.3 Å². The molecule has 1 amide bonds. The molecule has 8 heteroatoms. The highest BCUT2D eigenvalue weighted by Gasteiger charge is 2.58. The first-order valence-corrected chi connectivity index (χ1v) is 6.97. The van der Waals surface area contributed by atoms with Crippen LogP contribution in [0.25, 0.3) is 0 Å². The molecule has 0 fully saturated rings. The molecule has 0 saturated heterocycles. The van der Waals surface area contributed by atoms with E-state index in [-0.39, 0.29) is 12.3 Å². The van der Waals surface area contributed by atoms with Gasteiger partial charge in [-0.2, -0.15) is 13.2 Å². The van der Waals surface area contributed by atoms with Crippen LogP contribution in [0.2, 0.25) is 0 Å². The molecule has 0 saturated carbocycles. The van der Waals surface area contributed by atoms with Crippen molar-refractivity contribution in [1.29, 1.82) is 0 Å². The van der Waals surface area contributed by atoms with Crippen molar-refractivity contribution in [3.63, 3.8) is 0 Å². The Morgan fingerprint density at radius 1 is 1.35 bits per heavy atom. The minimum Gasteiger partial charge on any atom is -0.463 e. The average molecular weight is 330 g/mol. The van der Waals surface area contributed by atoms with Crippen molar-refractivity contribution < 1.29 is 27.5 Å². The molecule has 1 atom stereocenters. The number of hydrogen-bond donors (Lipinski definition) is 3. The monoisotopic (exact) mass is 330 g/mol. The van der Waals surface area contributed by atoms with Gasteiger partial charge in [-0.15, -0.1) is 0 Å². The Hall–Kier alpha value is -2.22. The number of aliphatic hydroxyl groups is 1. The fourth-order valence-corrected chi connectivity index (χ4v) is 2.14. The van der Waals surface area contributed by atoms with Crippen LogP contribution in [0.15, 0.2) is 34.9 Å². The first-order chi connectivity index (χ1) is 10.7. The van der Waals surface area contributed by atoms with Crippen molar-refractivity contribution in [1.82, 2.24) is 10.3 Å². The number of furan rings is 1. The lowest BCUT2D eigenvalue weighted by Crippen LogP contribution is -2.46. The lowest BCUT2D eigenvalue weighted by atomic mass is 9.95. The molecule has 2 rings (SSSR count). The molecule has 2 aromatic rings. The highest BCUT2D eigenvalue weighted by atomic mass is 19.4. The molecule has 0 aliphatic rings. The number of carbonyl (C=O) groups excluding carboxylic acids is 1. The number of rotatable bonds is 6. The van der Waals surface area contributed by atoms with Crippen LogP contribution >= 0.6 is 0 Å². The summed E-state index contributed by atoms with van der Waals surface area (Å²) in [6.07, 6.45) is -4.04. The second kappa shape index (κ2) is 6.49. The second-order valence-electron chi connectivity index (χ2n) is 5.24. The Balaban J connectivity index is 2.01. The van der Waals surface area contributed by atoms with Crippen molar-refractivity contribution >= 4 is 5.91 Å². The van der Waals surface area contributed by atoms with Gasteiger partial charge in [0.25, 0.3) is 0 Å². The molecular formula is C15H17F3N2O3. The molecule has 1 unspecified atom stereocenters. The standard InChI is InChI=1S/C15H17F3N2O3/c1-10-4-5-12(23-10)14(22,15(16,17)18)9-13(21)20-8-6-11-3-2-7-19-11/h2-5,7,19,22H,6,8-9H2,1H3,(H,20,21). The van der Waals surface area contributed by atoms with Crippen LogP contribution in [0, 0.1) is 6.92 Å². The van der Waals surface area contributed by atoms with Gasteiger partial charge in [0.15, 0.2) is 0 Å². The molecule has 0 aromatic carbocycles. The third kappa shape index (κ3) is 3.95. The first kappa shape index (κ1) is 17.1. The topological polar surface area (TPSA) is 78.3 Å². The molecule has 0 aliphatic carbocycles. The van der Waals surface area contributed by atoms with Crippen LogP contribution in [0.1, 0.15) is 23.6 Å². The second-order valence-corrected chi connectivity index (χ2v) is 5.24. The maximum atomic E-state index is 13.2. The summed E-state index contributed by atoms with van der Waals surface area (Å²) in [6, 6.07) is 5.90. The van der Waals surface area contributed by atoms with E-state index in [1.807, 2.05) is 0 Å². The van der Waals surface area contributed by atoms with Crippen LogP contribution in [0.4, 0.5) is 13.2 Å². The summed E-state index contributed by atoms with van der Waals surface area (Å²) in [5.41, 5.74) is -2.50. The fraction of sp³-hybridized carbons (Fsp3) is 0.400. The lowest BCUT2D eigenvalue weighted by molar-refractivity contribution is -0.273. The number of hydrogen-bond acceptors (Lipinski definition) is 3. The number of aromatic amines is 1. The molecule has 3 N–H and O–H groups in total. The van der Waals surface area contributed by atoms with Gasteiger partial charge < -0.3 is 19.8 Å². The van der Waals surface area contributed by atoms with Gasteiger partial charge in [0, 0.05) is 24.9 Å². The van der Waals surface area contributed by atoms with Crippen molar-refractivity contribution in [2.24, 2.45) is 0 Å². The number of carbonyl (C=O) groups is 1. The van der Waals surface area contributed by atoms with E-state index in [0.29, 0.717) is 6.42 Å². The predicted octanol–water partition coefficient (Wildman–Crippen LogP) is 2.42. The van der Waals surface area contributed by atoms with E-state index in [4.69, 9.17) is 4.42 Å². The van der Waals surface area contributed by atoms with Crippen molar-refractivity contribution in [3.05, 3.63) is 47.7 Å². The third-order valence-electron chi connectivity index (χ3n) is 3.41. The van der Waals surface area contributed by atoms with E-state index < -0.39 is 29.9 Å². The van der Waals surface area contributed by atoms with Crippen LogP contribution in [-0.2, 0) is 16.8 Å². The largest absolute Gasteiger partial charge is 0.463 e. The summed E-state index contributed by atoms with van der Waals surface area (Å²) in [6.45, 7) is 1.61. The van der Waals surface area contributed by atoms with E-state index >= 15 is 0 Å². The predicted molar refractivity (Wildman–Crippen MR) is 75.5 cm³/mol. The van der Waals surface area contributed by atoms with E-state index in [0.717, 1.165) is 11.8 Å². The lowest BCUT2D eigenvalue weighted by Gasteiger charge is -2.27. The van der Waals surface area contributed by atoms with Crippen LogP contribution in [0.3, 0.4) is 0 Å². The summed E-state index contributed by atoms with van der Waals surface area (Å²) in [4.78, 5) is 14.7. The highest BCUT2D eigenvalue weighted by molar-refractivity contribution is 5.77. The molecule has 2 aromatic heterocycles. The van der Waals surface area contributed by atoms with Gasteiger partial charge in [-0.1, -0.05) is 0 Å². The van der Waals surface area contributed by atoms with Crippen LogP contribution < -0.4 is 5.32 Å². The number of amides is 1. The van der Waals surface area contributed by atoms with Gasteiger partial charge in [-0.25, -0.2) is 0 Å². The van der Waals surface area contributed by atoms with Gasteiger partial charge in [-0.3, -0.25) is 4.79 Å². The normalized spacial score (nSPS) is 14.5. The maximum absolute atomic E-state index is 13.2. The summed E-state index contributed by atoms with van der Waals surface area (Å²) in [5, 5.41) is 12.4. The van der Waals surface area contributed by atoms with Gasteiger partial charge in [0.05, 0.1) is 6.42 Å². The van der Waals surface area contributed by atoms with Crippen molar-refractivity contribution in [3.8, 4) is 0 Å². The molecule has 2 heterocycles. The van der Waals surface area contributed by atoms with E-state index in [9.17, 15) is 23.1 Å². The van der Waals surface area contributed by atoms with Crippen molar-refractivity contribution in [2.75, 3.05) is 6.54 Å². The highest BCUT2D eigenvalue weighted by Crippen LogP contribution is 2.42. The Labute approximate surface area is 130 Å². The molecule has 0 radical (unpaired) electrons. The van der Waals surface area contributed by atoms with Gasteiger partial charge in [0.2, 0.25) is 11.5 Å². The summed E-state index contributed by atoms with van der Waals surface area (Å²) in [5.74, 6) is -1.39. The molecular weight excluding hydrogens is 313 g/mol. The molecule has 23 heavy (non-hydrogen) atoms. The zero-order chi connectivity index (χ0) is 17.1. The van der Waals surface area contributed by atoms with Gasteiger partial charge >= 0.3 is 6.18 Å². The van der Waals surface area contributed by atoms with Crippen molar-refractivity contribution in [2.45, 2.75) is 31.5 Å². The molecule has 0 bridgehead atoms. The Morgan fingerprint density at radius 3 is 2.61 bits per heavy atom. The zero-order valence-corrected chi connectivity index (χ0v) is 12.4. The quantitative estimate of drug-likeness (QED) is 0.761. The summed E-state index contributed by atoms with van der Waals surface area (Å²) < 4.78 is 44.5. The number of H-pyrrole nitrogens is 1. The molecule has 5 nitrogen and oxygen atoms in total. The van der Waals surface area contributed by atoms with E-state index in [1.165, 1.54) is 13.0 Å². The number of alkyl halides is 3. The Morgan fingerprint density at radius 2 is 2.09 bits per heavy atom. The molecule has 0 spiro atoms. The third-order valence-corrected chi connectivity index (χ3v) is 3.41. The van der Waals surface area contributed by atoms with Gasteiger partial charge in [-0.05, 0) is 31.2 Å². The summed E-state index contributed by atoms with van der Waals surface area (Å²) >= 11 is 0. The molecule has 126 valence electrons.